The molecule has 1 radical (unpaired) electrons. The van der Waals surface area contributed by atoms with E-state index in [2.05, 4.69) is 6.92 Å². The van der Waals surface area contributed by atoms with E-state index in [0.717, 1.165) is 0 Å². The van der Waals surface area contributed by atoms with Gasteiger partial charge in [-0.25, -0.2) is 0 Å². The van der Waals surface area contributed by atoms with Crippen LogP contribution in [0.4, 0.5) is 5.69 Å². The molecule has 0 aliphatic heterocycles. The minimum Gasteiger partial charge on any atom is -0.392 e. The molecule has 0 atom stereocenters. The van der Waals surface area contributed by atoms with Crippen LogP contribution in [0.25, 0.3) is 0 Å². The molecule has 0 aliphatic rings. The van der Waals surface area contributed by atoms with Crippen molar-refractivity contribution in [2.75, 3.05) is 0 Å². The Hall–Kier alpha value is -1.42. The standard InChI is InChI=1S/C8H8NO3/c1-6-2-3-7(5-10)4-8(6)9(11)12/h2-4,10H,1,5H2. The van der Waals surface area contributed by atoms with Gasteiger partial charge in [-0.05, 0) is 12.5 Å². The highest BCUT2D eigenvalue weighted by atomic mass is 16.6. The summed E-state index contributed by atoms with van der Waals surface area (Å²) in [6, 6.07) is 4.45. The van der Waals surface area contributed by atoms with Crippen LogP contribution in [0, 0.1) is 17.0 Å². The first kappa shape index (κ1) is 8.67. The van der Waals surface area contributed by atoms with Crippen molar-refractivity contribution in [2.45, 2.75) is 6.61 Å². The lowest BCUT2D eigenvalue weighted by Crippen LogP contribution is -1.93. The third-order valence-electron chi connectivity index (χ3n) is 1.53. The summed E-state index contributed by atoms with van der Waals surface area (Å²) in [7, 11) is 0. The number of hydrogen-bond acceptors (Lipinski definition) is 3. The van der Waals surface area contributed by atoms with Gasteiger partial charge in [0.2, 0.25) is 0 Å². The maximum absolute atomic E-state index is 10.4. The zero-order valence-electron chi connectivity index (χ0n) is 6.36. The quantitative estimate of drug-likeness (QED) is 0.531. The Kier molecular flexibility index (Phi) is 2.40. The van der Waals surface area contributed by atoms with Crippen molar-refractivity contribution in [3.63, 3.8) is 0 Å². The van der Waals surface area contributed by atoms with Gasteiger partial charge < -0.3 is 5.11 Å². The lowest BCUT2D eigenvalue weighted by molar-refractivity contribution is -0.385. The van der Waals surface area contributed by atoms with E-state index in [0.29, 0.717) is 11.1 Å². The van der Waals surface area contributed by atoms with E-state index in [-0.39, 0.29) is 12.3 Å². The van der Waals surface area contributed by atoms with Crippen LogP contribution in [0.15, 0.2) is 18.2 Å². The second-order valence-corrected chi connectivity index (χ2v) is 2.38. The van der Waals surface area contributed by atoms with Gasteiger partial charge in [-0.15, -0.1) is 0 Å². The second-order valence-electron chi connectivity index (χ2n) is 2.38. The third kappa shape index (κ3) is 1.60. The molecule has 12 heavy (non-hydrogen) atoms. The van der Waals surface area contributed by atoms with E-state index in [1.54, 1.807) is 6.07 Å². The molecule has 4 heteroatoms. The number of nitro groups is 1. The number of nitrogens with zero attached hydrogens (tertiary/aromatic N) is 1. The van der Waals surface area contributed by atoms with Crippen LogP contribution in [0.3, 0.4) is 0 Å². The Morgan fingerprint density at radius 1 is 1.58 bits per heavy atom. The third-order valence-corrected chi connectivity index (χ3v) is 1.53. The minimum atomic E-state index is -0.512. The lowest BCUT2D eigenvalue weighted by atomic mass is 10.1. The molecule has 0 amide bonds. The predicted octanol–water partition coefficient (Wildman–Crippen LogP) is 1.27. The molecule has 1 aromatic rings. The fourth-order valence-electron chi connectivity index (χ4n) is 0.878. The summed E-state index contributed by atoms with van der Waals surface area (Å²) in [6.45, 7) is 3.30. The van der Waals surface area contributed by atoms with Gasteiger partial charge >= 0.3 is 0 Å². The molecule has 0 bridgehead atoms. The first-order chi connectivity index (χ1) is 5.65. The monoisotopic (exact) mass is 166 g/mol. The average Bonchev–Trinajstić information content (AvgIpc) is 2.05. The number of benzene rings is 1. The van der Waals surface area contributed by atoms with Crippen LogP contribution < -0.4 is 0 Å². The number of rotatable bonds is 2. The van der Waals surface area contributed by atoms with Gasteiger partial charge in [-0.1, -0.05) is 12.1 Å². The average molecular weight is 166 g/mol. The van der Waals surface area contributed by atoms with Crippen molar-refractivity contribution in [1.29, 1.82) is 0 Å². The largest absolute Gasteiger partial charge is 0.392 e. The highest BCUT2D eigenvalue weighted by molar-refractivity contribution is 5.44. The van der Waals surface area contributed by atoms with Gasteiger partial charge in [0.15, 0.2) is 0 Å². The fraction of sp³-hybridized carbons (Fsp3) is 0.125. The molecule has 0 aromatic heterocycles. The number of nitro benzene ring substituents is 1. The molecule has 0 aliphatic carbocycles. The van der Waals surface area contributed by atoms with E-state index >= 15 is 0 Å². The van der Waals surface area contributed by atoms with Gasteiger partial charge in [0.1, 0.15) is 0 Å². The molecule has 1 aromatic carbocycles. The molecule has 0 fully saturated rings. The second kappa shape index (κ2) is 3.32. The van der Waals surface area contributed by atoms with Gasteiger partial charge in [0.25, 0.3) is 5.69 Å². The van der Waals surface area contributed by atoms with Crippen LogP contribution in [-0.4, -0.2) is 10.0 Å². The van der Waals surface area contributed by atoms with E-state index < -0.39 is 4.92 Å². The molecule has 0 saturated carbocycles. The van der Waals surface area contributed by atoms with Gasteiger partial charge in [-0.2, -0.15) is 0 Å². The summed E-state index contributed by atoms with van der Waals surface area (Å²) in [4.78, 5) is 9.86. The summed E-state index contributed by atoms with van der Waals surface area (Å²) in [5, 5.41) is 19.1. The molecule has 0 spiro atoms. The van der Waals surface area contributed by atoms with Gasteiger partial charge in [-0.3, -0.25) is 10.1 Å². The molecule has 4 nitrogen and oxygen atoms in total. The number of aliphatic hydroxyl groups excluding tert-OH is 1. The Morgan fingerprint density at radius 2 is 2.25 bits per heavy atom. The molecule has 63 valence electrons. The normalized spacial score (nSPS) is 9.83. The molecular weight excluding hydrogens is 158 g/mol. The van der Waals surface area contributed by atoms with Gasteiger partial charge in [0, 0.05) is 11.6 Å². The van der Waals surface area contributed by atoms with Crippen LogP contribution in [-0.2, 0) is 6.61 Å². The Balaban J connectivity index is 3.17. The van der Waals surface area contributed by atoms with Crippen LogP contribution in [0.5, 0.6) is 0 Å². The van der Waals surface area contributed by atoms with Crippen molar-refractivity contribution in [3.05, 3.63) is 46.4 Å². The van der Waals surface area contributed by atoms with E-state index in [1.807, 2.05) is 0 Å². The molecule has 0 heterocycles. The first-order valence-corrected chi connectivity index (χ1v) is 3.35. The maximum atomic E-state index is 10.4. The Labute approximate surface area is 69.6 Å². The van der Waals surface area contributed by atoms with Crippen molar-refractivity contribution >= 4 is 5.69 Å². The first-order valence-electron chi connectivity index (χ1n) is 3.35. The van der Waals surface area contributed by atoms with E-state index in [9.17, 15) is 10.1 Å². The van der Waals surface area contributed by atoms with Crippen LogP contribution >= 0.6 is 0 Å². The highest BCUT2D eigenvalue weighted by Gasteiger charge is 2.09. The lowest BCUT2D eigenvalue weighted by Gasteiger charge is -1.98. The van der Waals surface area contributed by atoms with Crippen LogP contribution in [0.2, 0.25) is 0 Å². The zero-order valence-corrected chi connectivity index (χ0v) is 6.36. The maximum Gasteiger partial charge on any atom is 0.272 e. The Morgan fingerprint density at radius 3 is 2.75 bits per heavy atom. The molecule has 0 saturated heterocycles. The van der Waals surface area contributed by atoms with E-state index in [1.165, 1.54) is 12.1 Å². The fourth-order valence-corrected chi connectivity index (χ4v) is 0.878. The molecule has 1 rings (SSSR count). The summed E-state index contributed by atoms with van der Waals surface area (Å²) in [5.74, 6) is 0. The van der Waals surface area contributed by atoms with Crippen molar-refractivity contribution in [2.24, 2.45) is 0 Å². The number of hydrogen-bond donors (Lipinski definition) is 1. The summed E-state index contributed by atoms with van der Waals surface area (Å²) < 4.78 is 0. The topological polar surface area (TPSA) is 63.4 Å². The minimum absolute atomic E-state index is 0.0541. The Bertz CT molecular complexity index is 309. The predicted molar refractivity (Wildman–Crippen MR) is 43.5 cm³/mol. The highest BCUT2D eigenvalue weighted by Crippen LogP contribution is 2.18. The smallest absolute Gasteiger partial charge is 0.272 e. The van der Waals surface area contributed by atoms with E-state index in [4.69, 9.17) is 5.11 Å². The van der Waals surface area contributed by atoms with Crippen molar-refractivity contribution in [1.82, 2.24) is 0 Å². The zero-order chi connectivity index (χ0) is 9.14. The summed E-state index contributed by atoms with van der Waals surface area (Å²) in [5.41, 5.74) is 0.827. The number of aliphatic hydroxyl groups is 1. The van der Waals surface area contributed by atoms with Crippen molar-refractivity contribution < 1.29 is 10.0 Å². The molecular formula is C8H8NO3. The van der Waals surface area contributed by atoms with Crippen LogP contribution in [0.1, 0.15) is 11.1 Å². The van der Waals surface area contributed by atoms with Gasteiger partial charge in [0.05, 0.1) is 11.5 Å². The van der Waals surface area contributed by atoms with Crippen molar-refractivity contribution in [3.8, 4) is 0 Å². The molecule has 1 N–H and O–H groups in total. The molecule has 0 unspecified atom stereocenters. The SMILES string of the molecule is [CH2]c1ccc(CO)cc1[N+](=O)[O-]. The summed E-state index contributed by atoms with van der Waals surface area (Å²) in [6.07, 6.45) is 0. The summed E-state index contributed by atoms with van der Waals surface area (Å²) >= 11 is 0.